The standard InChI is InChI=1S/C15H16ClN3O2/c1-8-10(4-3-9(7-17)12(8)16)13-15(21-2)14-11(20)5-6-19(14)18-13/h3-4,11,14-15,20H,5-6H2,1-2H3/t11-,14+,15?/m1/s1. The number of hydrogen-bond acceptors (Lipinski definition) is 5. The van der Waals surface area contributed by atoms with Gasteiger partial charge in [0.2, 0.25) is 0 Å². The second-order valence-corrected chi connectivity index (χ2v) is 5.74. The third-order valence-corrected chi connectivity index (χ3v) is 4.73. The van der Waals surface area contributed by atoms with E-state index in [-0.39, 0.29) is 12.1 Å². The van der Waals surface area contributed by atoms with E-state index in [0.29, 0.717) is 17.0 Å². The third kappa shape index (κ3) is 2.11. The molecule has 0 spiro atoms. The number of methoxy groups -OCH3 is 1. The van der Waals surface area contributed by atoms with Crippen molar-refractivity contribution in [2.75, 3.05) is 13.7 Å². The number of nitriles is 1. The molecule has 6 heteroatoms. The molecule has 0 amide bonds. The summed E-state index contributed by atoms with van der Waals surface area (Å²) >= 11 is 6.24. The molecule has 1 fully saturated rings. The van der Waals surface area contributed by atoms with Crippen LogP contribution in [0.5, 0.6) is 0 Å². The minimum Gasteiger partial charge on any atom is -0.391 e. The topological polar surface area (TPSA) is 68.8 Å². The van der Waals surface area contributed by atoms with Crippen LogP contribution in [-0.2, 0) is 4.74 Å². The molecule has 3 rings (SSSR count). The van der Waals surface area contributed by atoms with E-state index in [1.807, 2.05) is 18.0 Å². The lowest BCUT2D eigenvalue weighted by atomic mass is 9.94. The van der Waals surface area contributed by atoms with Crippen molar-refractivity contribution < 1.29 is 9.84 Å². The lowest BCUT2D eigenvalue weighted by Crippen LogP contribution is -2.41. The van der Waals surface area contributed by atoms with E-state index in [4.69, 9.17) is 21.6 Å². The number of nitrogens with zero attached hydrogens (tertiary/aromatic N) is 3. The van der Waals surface area contributed by atoms with Crippen molar-refractivity contribution in [3.63, 3.8) is 0 Å². The van der Waals surface area contributed by atoms with Gasteiger partial charge in [-0.2, -0.15) is 10.4 Å². The number of aliphatic hydroxyl groups is 1. The Morgan fingerprint density at radius 1 is 1.52 bits per heavy atom. The molecule has 0 aromatic heterocycles. The number of hydrazone groups is 1. The van der Waals surface area contributed by atoms with Gasteiger partial charge in [-0.1, -0.05) is 17.7 Å². The molecule has 2 aliphatic rings. The third-order valence-electron chi connectivity index (χ3n) is 4.24. The average Bonchev–Trinajstić information content (AvgIpc) is 3.02. The Kier molecular flexibility index (Phi) is 3.62. The molecule has 2 heterocycles. The summed E-state index contributed by atoms with van der Waals surface area (Å²) in [6.07, 6.45) is -0.0235. The van der Waals surface area contributed by atoms with Gasteiger partial charge in [0.25, 0.3) is 0 Å². The maximum Gasteiger partial charge on any atom is 0.126 e. The normalized spacial score (nSPS) is 27.5. The fraction of sp³-hybridized carbons (Fsp3) is 0.467. The molecule has 1 N–H and O–H groups in total. The van der Waals surface area contributed by atoms with Gasteiger partial charge < -0.3 is 9.84 Å². The van der Waals surface area contributed by atoms with Crippen LogP contribution in [0.25, 0.3) is 0 Å². The first-order chi connectivity index (χ1) is 10.1. The highest BCUT2D eigenvalue weighted by Gasteiger charge is 2.46. The van der Waals surface area contributed by atoms with Gasteiger partial charge in [-0.15, -0.1) is 0 Å². The van der Waals surface area contributed by atoms with Gasteiger partial charge in [0.1, 0.15) is 18.2 Å². The summed E-state index contributed by atoms with van der Waals surface area (Å²) in [6, 6.07) is 5.47. The van der Waals surface area contributed by atoms with Gasteiger partial charge in [0, 0.05) is 19.2 Å². The predicted octanol–water partition coefficient (Wildman–Crippen LogP) is 1.69. The van der Waals surface area contributed by atoms with Crippen molar-refractivity contribution in [1.82, 2.24) is 5.01 Å². The van der Waals surface area contributed by atoms with Crippen LogP contribution in [0.1, 0.15) is 23.1 Å². The van der Waals surface area contributed by atoms with Crippen LogP contribution < -0.4 is 0 Å². The van der Waals surface area contributed by atoms with Gasteiger partial charge in [-0.3, -0.25) is 5.01 Å². The van der Waals surface area contributed by atoms with Crippen molar-refractivity contribution in [2.24, 2.45) is 5.10 Å². The van der Waals surface area contributed by atoms with Crippen molar-refractivity contribution in [3.05, 3.63) is 33.8 Å². The summed E-state index contributed by atoms with van der Waals surface area (Å²) in [6.45, 7) is 2.59. The first kappa shape index (κ1) is 14.3. The lowest BCUT2D eigenvalue weighted by molar-refractivity contribution is 0.0393. The summed E-state index contributed by atoms with van der Waals surface area (Å²) in [4.78, 5) is 0. The summed E-state index contributed by atoms with van der Waals surface area (Å²) in [7, 11) is 1.62. The smallest absolute Gasteiger partial charge is 0.126 e. The number of halogens is 1. The highest BCUT2D eigenvalue weighted by atomic mass is 35.5. The van der Waals surface area contributed by atoms with Gasteiger partial charge >= 0.3 is 0 Å². The molecule has 1 aromatic carbocycles. The minimum absolute atomic E-state index is 0.140. The maximum absolute atomic E-state index is 10.1. The SMILES string of the molecule is COC1C(c2ccc(C#N)c(Cl)c2C)=NN2CC[C@@H](O)[C@@H]12. The quantitative estimate of drug-likeness (QED) is 0.903. The Labute approximate surface area is 128 Å². The van der Waals surface area contributed by atoms with Crippen LogP contribution in [0.15, 0.2) is 17.2 Å². The summed E-state index contributed by atoms with van der Waals surface area (Å²) in [5, 5.41) is 26.1. The second-order valence-electron chi connectivity index (χ2n) is 5.36. The van der Waals surface area contributed by atoms with E-state index in [2.05, 4.69) is 11.2 Å². The Morgan fingerprint density at radius 2 is 2.29 bits per heavy atom. The Balaban J connectivity index is 2.05. The molecule has 1 saturated heterocycles. The van der Waals surface area contributed by atoms with E-state index in [9.17, 15) is 5.11 Å². The first-order valence-corrected chi connectivity index (χ1v) is 7.22. The molecular weight excluding hydrogens is 290 g/mol. The second kappa shape index (κ2) is 5.30. The van der Waals surface area contributed by atoms with Crippen LogP contribution in [0, 0.1) is 18.3 Å². The number of aliphatic hydroxyl groups excluding tert-OH is 1. The first-order valence-electron chi connectivity index (χ1n) is 6.84. The zero-order chi connectivity index (χ0) is 15.1. The molecule has 2 aliphatic heterocycles. The van der Waals surface area contributed by atoms with E-state index in [0.717, 1.165) is 23.4 Å². The molecule has 0 saturated carbocycles. The Morgan fingerprint density at radius 3 is 2.95 bits per heavy atom. The van der Waals surface area contributed by atoms with Crippen molar-refractivity contribution >= 4 is 17.3 Å². The maximum atomic E-state index is 10.1. The number of fused-ring (bicyclic) bond motifs is 1. The monoisotopic (exact) mass is 305 g/mol. The summed E-state index contributed by atoms with van der Waals surface area (Å²) < 4.78 is 5.57. The number of benzene rings is 1. The fourth-order valence-corrected chi connectivity index (χ4v) is 3.33. The molecule has 0 radical (unpaired) electrons. The van der Waals surface area contributed by atoms with Crippen molar-refractivity contribution in [1.29, 1.82) is 5.26 Å². The molecule has 5 nitrogen and oxygen atoms in total. The van der Waals surface area contributed by atoms with E-state index in [1.165, 1.54) is 0 Å². The minimum atomic E-state index is -0.439. The van der Waals surface area contributed by atoms with Crippen LogP contribution in [0.2, 0.25) is 5.02 Å². The molecule has 21 heavy (non-hydrogen) atoms. The predicted molar refractivity (Wildman–Crippen MR) is 79.4 cm³/mol. The van der Waals surface area contributed by atoms with Crippen LogP contribution in [0.3, 0.4) is 0 Å². The average molecular weight is 306 g/mol. The lowest BCUT2D eigenvalue weighted by Gasteiger charge is -2.23. The molecular formula is C15H16ClN3O2. The zero-order valence-electron chi connectivity index (χ0n) is 11.9. The van der Waals surface area contributed by atoms with Crippen LogP contribution in [-0.4, -0.2) is 47.7 Å². The van der Waals surface area contributed by atoms with Gasteiger partial charge in [-0.25, -0.2) is 0 Å². The molecule has 1 aromatic rings. The number of hydrogen-bond donors (Lipinski definition) is 1. The van der Waals surface area contributed by atoms with Crippen molar-refractivity contribution in [2.45, 2.75) is 31.6 Å². The Bertz CT molecular complexity index is 653. The van der Waals surface area contributed by atoms with E-state index >= 15 is 0 Å². The number of ether oxygens (including phenoxy) is 1. The molecule has 3 atom stereocenters. The highest BCUT2D eigenvalue weighted by Crippen LogP contribution is 2.33. The zero-order valence-corrected chi connectivity index (χ0v) is 12.6. The fourth-order valence-electron chi connectivity index (χ4n) is 3.12. The van der Waals surface area contributed by atoms with Crippen LogP contribution in [0.4, 0.5) is 0 Å². The Hall–Kier alpha value is -1.61. The molecule has 0 aliphatic carbocycles. The van der Waals surface area contributed by atoms with Crippen LogP contribution >= 0.6 is 11.6 Å². The number of rotatable bonds is 2. The summed E-state index contributed by atoms with van der Waals surface area (Å²) in [5.74, 6) is 0. The van der Waals surface area contributed by atoms with Gasteiger partial charge in [-0.05, 0) is 25.0 Å². The van der Waals surface area contributed by atoms with Crippen molar-refractivity contribution in [3.8, 4) is 6.07 Å². The summed E-state index contributed by atoms with van der Waals surface area (Å²) in [5.41, 5.74) is 2.90. The van der Waals surface area contributed by atoms with Gasteiger partial charge in [0.05, 0.1) is 22.4 Å². The van der Waals surface area contributed by atoms with Gasteiger partial charge in [0.15, 0.2) is 0 Å². The molecule has 110 valence electrons. The molecule has 1 unspecified atom stereocenters. The van der Waals surface area contributed by atoms with E-state index < -0.39 is 6.10 Å². The highest BCUT2D eigenvalue weighted by molar-refractivity contribution is 6.33. The molecule has 0 bridgehead atoms. The van der Waals surface area contributed by atoms with E-state index in [1.54, 1.807) is 13.2 Å². The largest absolute Gasteiger partial charge is 0.391 e.